The molecule has 3 N–H and O–H groups in total. The quantitative estimate of drug-likeness (QED) is 0.571. The second-order valence-electron chi connectivity index (χ2n) is 3.03. The van der Waals surface area contributed by atoms with Crippen LogP contribution in [0, 0.1) is 10.1 Å². The number of fused-ring (bicyclic) bond motifs is 1. The minimum atomic E-state index is -0.642. The normalized spacial score (nSPS) is 10.6. The van der Waals surface area contributed by atoms with E-state index in [4.69, 9.17) is 17.3 Å². The lowest BCUT2D eigenvalue weighted by Gasteiger charge is -2.00. The number of nitro benzene ring substituents is 1. The van der Waals surface area contributed by atoms with Gasteiger partial charge in [-0.05, 0) is 6.07 Å². The van der Waals surface area contributed by atoms with Crippen LogP contribution in [0.15, 0.2) is 16.9 Å². The zero-order chi connectivity index (χ0) is 11.9. The van der Waals surface area contributed by atoms with E-state index in [9.17, 15) is 14.9 Å². The van der Waals surface area contributed by atoms with Crippen LogP contribution in [0.1, 0.15) is 0 Å². The van der Waals surface area contributed by atoms with Gasteiger partial charge in [-0.3, -0.25) is 14.9 Å². The number of halogens is 1. The largest absolute Gasteiger partial charge is 0.379 e. The number of nitrogens with zero attached hydrogens (tertiary/aromatic N) is 2. The molecular formula is C8H5ClN4O3. The second-order valence-corrected chi connectivity index (χ2v) is 3.44. The average molecular weight is 241 g/mol. The molecule has 0 saturated heterocycles. The number of nitro groups is 1. The summed E-state index contributed by atoms with van der Waals surface area (Å²) < 4.78 is 0. The average Bonchev–Trinajstić information content (AvgIpc) is 2.19. The third kappa shape index (κ3) is 1.57. The van der Waals surface area contributed by atoms with Crippen LogP contribution in [-0.4, -0.2) is 14.9 Å². The van der Waals surface area contributed by atoms with Crippen LogP contribution in [0.2, 0.25) is 5.02 Å². The number of hydrogen-bond donors (Lipinski definition) is 2. The fourth-order valence-corrected chi connectivity index (χ4v) is 1.48. The smallest absolute Gasteiger partial charge is 0.290 e. The van der Waals surface area contributed by atoms with Crippen molar-refractivity contribution in [1.29, 1.82) is 0 Å². The van der Waals surface area contributed by atoms with Crippen molar-refractivity contribution in [2.24, 2.45) is 0 Å². The highest BCUT2D eigenvalue weighted by molar-refractivity contribution is 6.33. The molecule has 1 heterocycles. The maximum atomic E-state index is 11.2. The number of anilines is 1. The zero-order valence-electron chi connectivity index (χ0n) is 7.73. The molecule has 0 aliphatic heterocycles. The lowest BCUT2D eigenvalue weighted by atomic mass is 10.2. The highest BCUT2D eigenvalue weighted by Crippen LogP contribution is 2.27. The first kappa shape index (κ1) is 10.4. The predicted molar refractivity (Wildman–Crippen MR) is 58.4 cm³/mol. The van der Waals surface area contributed by atoms with Crippen LogP contribution in [0.25, 0.3) is 11.0 Å². The summed E-state index contributed by atoms with van der Waals surface area (Å²) in [5.74, 6) is -0.211. The van der Waals surface area contributed by atoms with Crippen molar-refractivity contribution in [2.75, 3.05) is 5.73 Å². The number of rotatable bonds is 1. The maximum absolute atomic E-state index is 11.2. The van der Waals surface area contributed by atoms with E-state index in [1.54, 1.807) is 0 Å². The van der Waals surface area contributed by atoms with E-state index in [2.05, 4.69) is 9.97 Å². The molecule has 0 fully saturated rings. The van der Waals surface area contributed by atoms with Crippen LogP contribution >= 0.6 is 11.6 Å². The molecule has 0 saturated carbocycles. The molecule has 2 aromatic rings. The molecule has 0 aliphatic carbocycles. The fraction of sp³-hybridized carbons (Fsp3) is 0. The van der Waals surface area contributed by atoms with E-state index in [1.807, 2.05) is 0 Å². The van der Waals surface area contributed by atoms with Gasteiger partial charge in [-0.25, -0.2) is 4.98 Å². The minimum Gasteiger partial charge on any atom is -0.379 e. The van der Waals surface area contributed by atoms with Gasteiger partial charge in [0.25, 0.3) is 11.2 Å². The van der Waals surface area contributed by atoms with Gasteiger partial charge in [0.05, 0.1) is 16.0 Å². The molecule has 0 atom stereocenters. The minimum absolute atomic E-state index is 0.0588. The SMILES string of the molecule is Nc1nc2cc(Cl)c([N+](=O)[O-])cc2[nH]c1=O. The number of nitrogen functional groups attached to an aromatic ring is 1. The Morgan fingerprint density at radius 3 is 2.81 bits per heavy atom. The number of nitrogens with one attached hydrogen (secondary N) is 1. The number of nitrogens with two attached hydrogens (primary N) is 1. The number of H-pyrrole nitrogens is 1. The summed E-state index contributed by atoms with van der Waals surface area (Å²) in [6.45, 7) is 0. The molecule has 1 aromatic carbocycles. The van der Waals surface area contributed by atoms with Crippen molar-refractivity contribution in [3.8, 4) is 0 Å². The zero-order valence-corrected chi connectivity index (χ0v) is 8.49. The molecule has 0 spiro atoms. The summed E-state index contributed by atoms with van der Waals surface area (Å²) in [5.41, 5.74) is 4.93. The second kappa shape index (κ2) is 3.46. The lowest BCUT2D eigenvalue weighted by Crippen LogP contribution is -2.13. The Hall–Kier alpha value is -2.15. The summed E-state index contributed by atoms with van der Waals surface area (Å²) in [6, 6.07) is 2.42. The van der Waals surface area contributed by atoms with Crippen LogP contribution in [0.4, 0.5) is 11.5 Å². The molecule has 0 unspecified atom stereocenters. The Morgan fingerprint density at radius 1 is 1.50 bits per heavy atom. The van der Waals surface area contributed by atoms with E-state index < -0.39 is 10.5 Å². The van der Waals surface area contributed by atoms with Gasteiger partial charge in [0, 0.05) is 6.07 Å². The Bertz CT molecular complexity index is 652. The first-order valence-electron chi connectivity index (χ1n) is 4.12. The van der Waals surface area contributed by atoms with Gasteiger partial charge in [0.15, 0.2) is 5.82 Å². The summed E-state index contributed by atoms with van der Waals surface area (Å²) in [5, 5.41) is 10.5. The van der Waals surface area contributed by atoms with Gasteiger partial charge in [-0.15, -0.1) is 0 Å². The third-order valence-electron chi connectivity index (χ3n) is 1.98. The lowest BCUT2D eigenvalue weighted by molar-refractivity contribution is -0.384. The van der Waals surface area contributed by atoms with Gasteiger partial charge < -0.3 is 10.7 Å². The molecule has 2 rings (SSSR count). The predicted octanol–water partition coefficient (Wildman–Crippen LogP) is 1.07. The summed E-state index contributed by atoms with van der Waals surface area (Å²) in [4.78, 5) is 27.2. The molecule has 82 valence electrons. The van der Waals surface area contributed by atoms with Crippen LogP contribution in [0.3, 0.4) is 0 Å². The number of benzene rings is 1. The molecule has 16 heavy (non-hydrogen) atoms. The van der Waals surface area contributed by atoms with Crippen LogP contribution in [0.5, 0.6) is 0 Å². The fourth-order valence-electron chi connectivity index (χ4n) is 1.25. The Balaban J connectivity index is 2.85. The summed E-state index contributed by atoms with van der Waals surface area (Å²) in [7, 11) is 0. The number of hydrogen-bond acceptors (Lipinski definition) is 5. The highest BCUT2D eigenvalue weighted by Gasteiger charge is 2.14. The van der Waals surface area contributed by atoms with Crippen molar-refractivity contribution in [3.63, 3.8) is 0 Å². The van der Waals surface area contributed by atoms with Crippen molar-refractivity contribution in [3.05, 3.63) is 37.6 Å². The van der Waals surface area contributed by atoms with E-state index in [-0.39, 0.29) is 22.0 Å². The Labute approximate surface area is 93.0 Å². The van der Waals surface area contributed by atoms with Crippen molar-refractivity contribution >= 4 is 34.1 Å². The summed E-state index contributed by atoms with van der Waals surface area (Å²) in [6.07, 6.45) is 0. The van der Waals surface area contributed by atoms with Crippen molar-refractivity contribution in [2.45, 2.75) is 0 Å². The molecule has 0 radical (unpaired) electrons. The number of aromatic nitrogens is 2. The molecule has 0 bridgehead atoms. The van der Waals surface area contributed by atoms with Crippen LogP contribution < -0.4 is 11.3 Å². The maximum Gasteiger partial charge on any atom is 0.290 e. The van der Waals surface area contributed by atoms with Crippen LogP contribution in [-0.2, 0) is 0 Å². The van der Waals surface area contributed by atoms with Crippen molar-refractivity contribution in [1.82, 2.24) is 9.97 Å². The standard InChI is InChI=1S/C8H5ClN4O3/c9-3-1-4-5(2-6(3)13(15)16)12-8(14)7(10)11-4/h1-2H,(H2,10,11)(H,12,14). The van der Waals surface area contributed by atoms with Gasteiger partial charge in [0.2, 0.25) is 0 Å². The molecule has 7 nitrogen and oxygen atoms in total. The Kier molecular flexibility index (Phi) is 2.24. The topological polar surface area (TPSA) is 115 Å². The summed E-state index contributed by atoms with van der Waals surface area (Å²) >= 11 is 5.68. The number of aromatic amines is 1. The van der Waals surface area contributed by atoms with Gasteiger partial charge in [0.1, 0.15) is 5.02 Å². The van der Waals surface area contributed by atoms with E-state index in [1.165, 1.54) is 6.07 Å². The van der Waals surface area contributed by atoms with Gasteiger partial charge in [-0.1, -0.05) is 11.6 Å². The van der Waals surface area contributed by atoms with E-state index in [0.29, 0.717) is 5.52 Å². The molecule has 8 heteroatoms. The monoisotopic (exact) mass is 240 g/mol. The third-order valence-corrected chi connectivity index (χ3v) is 2.29. The first-order chi connectivity index (χ1) is 7.49. The highest BCUT2D eigenvalue weighted by atomic mass is 35.5. The van der Waals surface area contributed by atoms with E-state index in [0.717, 1.165) is 6.07 Å². The first-order valence-corrected chi connectivity index (χ1v) is 4.50. The van der Waals surface area contributed by atoms with Gasteiger partial charge in [-0.2, -0.15) is 0 Å². The molecular weight excluding hydrogens is 236 g/mol. The molecule has 1 aromatic heterocycles. The molecule has 0 aliphatic rings. The van der Waals surface area contributed by atoms with Crippen molar-refractivity contribution < 1.29 is 4.92 Å². The molecule has 0 amide bonds. The Morgan fingerprint density at radius 2 is 2.19 bits per heavy atom. The van der Waals surface area contributed by atoms with Gasteiger partial charge >= 0.3 is 0 Å². The van der Waals surface area contributed by atoms with E-state index >= 15 is 0 Å².